The van der Waals surface area contributed by atoms with E-state index in [-0.39, 0.29) is 18.0 Å². The molecular formula is C28H29NO7. The first-order chi connectivity index (χ1) is 17.3. The van der Waals surface area contributed by atoms with Crippen molar-refractivity contribution in [2.24, 2.45) is 0 Å². The van der Waals surface area contributed by atoms with Crippen molar-refractivity contribution in [2.75, 3.05) is 14.2 Å². The van der Waals surface area contributed by atoms with Crippen LogP contribution in [0.3, 0.4) is 0 Å². The monoisotopic (exact) mass is 491 g/mol. The maximum Gasteiger partial charge on any atom is 0.207 e. The molecule has 1 fully saturated rings. The molecule has 0 bridgehead atoms. The predicted molar refractivity (Wildman–Crippen MR) is 129 cm³/mol. The average molecular weight is 492 g/mol. The van der Waals surface area contributed by atoms with Crippen LogP contribution < -0.4 is 9.47 Å². The van der Waals surface area contributed by atoms with Crippen molar-refractivity contribution in [1.82, 2.24) is 5.16 Å². The van der Waals surface area contributed by atoms with Gasteiger partial charge in [0.05, 0.1) is 55.7 Å². The van der Waals surface area contributed by atoms with Gasteiger partial charge in [-0.1, -0.05) is 35.5 Å². The van der Waals surface area contributed by atoms with Crippen LogP contribution >= 0.6 is 0 Å². The van der Waals surface area contributed by atoms with E-state index in [4.69, 9.17) is 23.5 Å². The Kier molecular flexibility index (Phi) is 5.26. The Morgan fingerprint density at radius 2 is 1.94 bits per heavy atom. The van der Waals surface area contributed by atoms with Gasteiger partial charge < -0.3 is 28.6 Å². The Balaban J connectivity index is 1.60. The summed E-state index contributed by atoms with van der Waals surface area (Å²) in [4.78, 5) is 13.2. The summed E-state index contributed by atoms with van der Waals surface area (Å²) < 4.78 is 30.3. The van der Waals surface area contributed by atoms with Crippen LogP contribution in [-0.4, -0.2) is 48.1 Å². The lowest BCUT2D eigenvalue weighted by atomic mass is 9.59. The second-order valence-electron chi connectivity index (χ2n) is 10.3. The molecule has 1 aliphatic heterocycles. The molecule has 8 heteroatoms. The minimum Gasteiger partial charge on any atom is -0.497 e. The minimum absolute atomic E-state index is 0.121. The standard InChI is InChI=1S/C28H29NO7/c1-27(2,31)21-13-28-20(35-21)12-18(30)25-23(28)24(29-36-25)22-17(10-16(32-3)11-19(22)33-4)26(28)34-14-15-8-6-5-7-9-15/h5-11,20-21,26,31H,12-14H2,1-4H3/t20-,21-,26+,28+/m0/s1. The van der Waals surface area contributed by atoms with Gasteiger partial charge in [-0.05, 0) is 37.5 Å². The Hall–Kier alpha value is -3.20. The Morgan fingerprint density at radius 1 is 1.17 bits per heavy atom. The minimum atomic E-state index is -1.12. The first-order valence-corrected chi connectivity index (χ1v) is 12.1. The van der Waals surface area contributed by atoms with E-state index in [1.54, 1.807) is 34.1 Å². The highest BCUT2D eigenvalue weighted by atomic mass is 16.5. The summed E-state index contributed by atoms with van der Waals surface area (Å²) >= 11 is 0. The topological polar surface area (TPSA) is 100 Å². The fourth-order valence-corrected chi connectivity index (χ4v) is 6.09. The van der Waals surface area contributed by atoms with Gasteiger partial charge in [0.1, 0.15) is 17.2 Å². The number of Topliss-reactive ketones (excluding diaryl/α,β-unsaturated/α-hetero) is 1. The van der Waals surface area contributed by atoms with Crippen molar-refractivity contribution in [3.63, 3.8) is 0 Å². The van der Waals surface area contributed by atoms with Gasteiger partial charge >= 0.3 is 0 Å². The molecule has 8 nitrogen and oxygen atoms in total. The lowest BCUT2D eigenvalue weighted by Crippen LogP contribution is -2.49. The van der Waals surface area contributed by atoms with Crippen LogP contribution in [0, 0.1) is 0 Å². The number of benzene rings is 2. The number of aliphatic hydroxyl groups is 1. The summed E-state index contributed by atoms with van der Waals surface area (Å²) in [5.74, 6) is 1.23. The van der Waals surface area contributed by atoms with Crippen molar-refractivity contribution < 1.29 is 33.4 Å². The molecule has 6 rings (SSSR count). The van der Waals surface area contributed by atoms with Crippen molar-refractivity contribution >= 4 is 5.78 Å². The van der Waals surface area contributed by atoms with Crippen LogP contribution in [-0.2, 0) is 21.5 Å². The van der Waals surface area contributed by atoms with Crippen LogP contribution in [0.25, 0.3) is 11.3 Å². The summed E-state index contributed by atoms with van der Waals surface area (Å²) in [5, 5.41) is 15.3. The van der Waals surface area contributed by atoms with E-state index in [1.165, 1.54) is 0 Å². The second kappa shape index (κ2) is 8.16. The van der Waals surface area contributed by atoms with Crippen molar-refractivity contribution in [2.45, 2.75) is 62.6 Å². The fraction of sp³-hybridized carbons (Fsp3) is 0.429. The van der Waals surface area contributed by atoms with E-state index in [0.717, 1.165) is 11.1 Å². The Bertz CT molecular complexity index is 1330. The number of carbonyl (C=O) groups excluding carboxylic acids is 1. The molecule has 1 saturated heterocycles. The molecule has 1 spiro atoms. The van der Waals surface area contributed by atoms with Crippen molar-refractivity contribution in [1.29, 1.82) is 0 Å². The summed E-state index contributed by atoms with van der Waals surface area (Å²) in [6.07, 6.45) is -1.00. The molecule has 0 radical (unpaired) electrons. The molecule has 3 aromatic rings. The van der Waals surface area contributed by atoms with Gasteiger partial charge in [0.15, 0.2) is 0 Å². The van der Waals surface area contributed by atoms with Gasteiger partial charge in [-0.3, -0.25) is 4.79 Å². The van der Waals surface area contributed by atoms with Gasteiger partial charge in [0.25, 0.3) is 0 Å². The maximum atomic E-state index is 13.2. The number of hydrogen-bond acceptors (Lipinski definition) is 8. The second-order valence-corrected chi connectivity index (χ2v) is 10.3. The first kappa shape index (κ1) is 23.2. The Morgan fingerprint density at radius 3 is 2.64 bits per heavy atom. The van der Waals surface area contributed by atoms with Gasteiger partial charge in [0, 0.05) is 18.1 Å². The van der Waals surface area contributed by atoms with Crippen LogP contribution in [0.5, 0.6) is 11.5 Å². The summed E-state index contributed by atoms with van der Waals surface area (Å²) in [5.41, 5.74) is 1.89. The smallest absolute Gasteiger partial charge is 0.207 e. The van der Waals surface area contributed by atoms with Gasteiger partial charge in [0.2, 0.25) is 11.5 Å². The zero-order valence-electron chi connectivity index (χ0n) is 20.7. The number of hydrogen-bond donors (Lipinski definition) is 1. The molecule has 1 N–H and O–H groups in total. The number of aromatic nitrogens is 1. The summed E-state index contributed by atoms with van der Waals surface area (Å²) in [6.45, 7) is 3.80. The molecule has 0 amide bonds. The average Bonchev–Trinajstić information content (AvgIpc) is 3.48. The first-order valence-electron chi connectivity index (χ1n) is 12.1. The number of ether oxygens (including phenoxy) is 4. The molecule has 4 atom stereocenters. The molecule has 2 aromatic carbocycles. The number of nitrogens with zero attached hydrogens (tertiary/aromatic N) is 1. The summed E-state index contributed by atoms with van der Waals surface area (Å²) in [7, 11) is 3.19. The highest BCUT2D eigenvalue weighted by molar-refractivity contribution is 6.00. The molecule has 2 aliphatic carbocycles. The lowest BCUT2D eigenvalue weighted by molar-refractivity contribution is -0.0942. The molecule has 0 saturated carbocycles. The van der Waals surface area contributed by atoms with Crippen molar-refractivity contribution in [3.05, 3.63) is 64.9 Å². The quantitative estimate of drug-likeness (QED) is 0.542. The van der Waals surface area contributed by atoms with Crippen LogP contribution in [0.4, 0.5) is 0 Å². The fourth-order valence-electron chi connectivity index (χ4n) is 6.09. The molecular weight excluding hydrogens is 462 g/mol. The number of fused-ring (bicyclic) bond motifs is 2. The Labute approximate surface area is 209 Å². The lowest BCUT2D eigenvalue weighted by Gasteiger charge is -2.46. The SMILES string of the molecule is COc1cc(OC)c2c(c1)[C@@H](OCc1ccccc1)[C@]13C[C@@H](C(C)(C)O)O[C@H]1CC(=O)c1onc-2c13. The molecule has 1 aromatic heterocycles. The third kappa shape index (κ3) is 3.25. The summed E-state index contributed by atoms with van der Waals surface area (Å²) in [6, 6.07) is 13.7. The van der Waals surface area contributed by atoms with E-state index in [0.29, 0.717) is 41.3 Å². The number of ketones is 1. The highest BCUT2D eigenvalue weighted by Gasteiger charge is 2.65. The zero-order valence-corrected chi connectivity index (χ0v) is 20.7. The van der Waals surface area contributed by atoms with E-state index >= 15 is 0 Å². The van der Waals surface area contributed by atoms with Gasteiger partial charge in [-0.2, -0.15) is 0 Å². The number of methoxy groups -OCH3 is 2. The van der Waals surface area contributed by atoms with E-state index in [9.17, 15) is 9.90 Å². The molecule has 188 valence electrons. The van der Waals surface area contributed by atoms with Crippen LogP contribution in [0.1, 0.15) is 60.0 Å². The third-order valence-electron chi connectivity index (χ3n) is 7.80. The van der Waals surface area contributed by atoms with E-state index in [2.05, 4.69) is 5.16 Å². The zero-order chi connectivity index (χ0) is 25.2. The molecule has 2 heterocycles. The predicted octanol–water partition coefficient (Wildman–Crippen LogP) is 4.38. The normalized spacial score (nSPS) is 26.2. The molecule has 3 aliphatic rings. The van der Waals surface area contributed by atoms with E-state index < -0.39 is 29.3 Å². The number of carbonyl (C=O) groups is 1. The van der Waals surface area contributed by atoms with E-state index in [1.807, 2.05) is 36.4 Å². The highest BCUT2D eigenvalue weighted by Crippen LogP contribution is 2.64. The van der Waals surface area contributed by atoms with Crippen LogP contribution in [0.2, 0.25) is 0 Å². The largest absolute Gasteiger partial charge is 0.497 e. The number of rotatable bonds is 6. The van der Waals surface area contributed by atoms with Crippen LogP contribution in [0.15, 0.2) is 47.0 Å². The third-order valence-corrected chi connectivity index (χ3v) is 7.80. The molecule has 0 unspecified atom stereocenters. The van der Waals surface area contributed by atoms with Gasteiger partial charge in [-0.25, -0.2) is 0 Å². The molecule has 36 heavy (non-hydrogen) atoms. The van der Waals surface area contributed by atoms with Crippen molar-refractivity contribution in [3.8, 4) is 22.8 Å². The maximum absolute atomic E-state index is 13.2. The van der Waals surface area contributed by atoms with Gasteiger partial charge in [-0.15, -0.1) is 0 Å².